The molecule has 14 heavy (non-hydrogen) atoms. The lowest BCUT2D eigenvalue weighted by atomic mass is 10.2. The number of nitrogens with zero attached hydrogens (tertiary/aromatic N) is 3. The molecule has 0 aliphatic heterocycles. The quantitative estimate of drug-likeness (QED) is 0.789. The fraction of sp³-hybridized carbons (Fsp3) is 0.667. The Morgan fingerprint density at radius 1 is 1.21 bits per heavy atom. The SMILES string of the molecule is CCCCCC.Nc1cnc(Cl)nn1. The van der Waals surface area contributed by atoms with Gasteiger partial charge in [0.25, 0.3) is 0 Å². The highest BCUT2D eigenvalue weighted by atomic mass is 35.5. The average molecular weight is 217 g/mol. The summed E-state index contributed by atoms with van der Waals surface area (Å²) in [5.74, 6) is 0.273. The molecule has 1 aromatic rings. The van der Waals surface area contributed by atoms with Gasteiger partial charge in [0.1, 0.15) is 0 Å². The third-order valence-corrected chi connectivity index (χ3v) is 1.68. The zero-order valence-electron chi connectivity index (χ0n) is 8.70. The molecule has 0 bridgehead atoms. The van der Waals surface area contributed by atoms with Crippen molar-refractivity contribution >= 4 is 17.4 Å². The van der Waals surface area contributed by atoms with Crippen LogP contribution in [-0.4, -0.2) is 15.2 Å². The van der Waals surface area contributed by atoms with Crippen LogP contribution in [0, 0.1) is 0 Å². The molecule has 0 amide bonds. The van der Waals surface area contributed by atoms with Crippen molar-refractivity contribution in [1.29, 1.82) is 0 Å². The average Bonchev–Trinajstić information content (AvgIpc) is 2.20. The number of nitrogens with two attached hydrogens (primary N) is 1. The number of rotatable bonds is 3. The fourth-order valence-corrected chi connectivity index (χ4v) is 0.857. The molecule has 80 valence electrons. The Hall–Kier alpha value is -0.900. The van der Waals surface area contributed by atoms with Crippen LogP contribution in [0.25, 0.3) is 0 Å². The van der Waals surface area contributed by atoms with Crippen LogP contribution < -0.4 is 5.73 Å². The van der Waals surface area contributed by atoms with Gasteiger partial charge in [-0.25, -0.2) is 4.98 Å². The van der Waals surface area contributed by atoms with E-state index in [1.165, 1.54) is 31.9 Å². The lowest BCUT2D eigenvalue weighted by molar-refractivity contribution is 0.702. The first-order valence-electron chi connectivity index (χ1n) is 4.81. The van der Waals surface area contributed by atoms with Gasteiger partial charge in [-0.1, -0.05) is 39.5 Å². The smallest absolute Gasteiger partial charge is 0.243 e. The summed E-state index contributed by atoms with van der Waals surface area (Å²) in [7, 11) is 0. The third kappa shape index (κ3) is 7.73. The van der Waals surface area contributed by atoms with Crippen LogP contribution in [0.5, 0.6) is 0 Å². The van der Waals surface area contributed by atoms with Crippen molar-refractivity contribution < 1.29 is 0 Å². The minimum absolute atomic E-state index is 0.110. The van der Waals surface area contributed by atoms with Crippen molar-refractivity contribution in [2.45, 2.75) is 39.5 Å². The van der Waals surface area contributed by atoms with Gasteiger partial charge in [0.2, 0.25) is 5.28 Å². The molecule has 0 spiro atoms. The van der Waals surface area contributed by atoms with Gasteiger partial charge in [0.15, 0.2) is 5.82 Å². The van der Waals surface area contributed by atoms with E-state index in [2.05, 4.69) is 29.0 Å². The first-order valence-corrected chi connectivity index (χ1v) is 5.19. The number of aromatic nitrogens is 3. The van der Waals surface area contributed by atoms with E-state index in [1.807, 2.05) is 0 Å². The molecule has 0 aliphatic carbocycles. The molecule has 2 N–H and O–H groups in total. The van der Waals surface area contributed by atoms with Crippen LogP contribution in [0.4, 0.5) is 5.82 Å². The summed E-state index contributed by atoms with van der Waals surface area (Å²) in [5, 5.41) is 6.88. The molecular weight excluding hydrogens is 200 g/mol. The molecular formula is C9H17ClN4. The molecule has 0 saturated heterocycles. The summed E-state index contributed by atoms with van der Waals surface area (Å²) in [5.41, 5.74) is 5.13. The maximum Gasteiger partial charge on any atom is 0.243 e. The summed E-state index contributed by atoms with van der Waals surface area (Å²) < 4.78 is 0. The van der Waals surface area contributed by atoms with E-state index in [4.69, 9.17) is 17.3 Å². The summed E-state index contributed by atoms with van der Waals surface area (Å²) in [4.78, 5) is 3.55. The number of halogens is 1. The summed E-state index contributed by atoms with van der Waals surface area (Å²) >= 11 is 5.27. The maximum absolute atomic E-state index is 5.27. The van der Waals surface area contributed by atoms with E-state index >= 15 is 0 Å². The lowest BCUT2D eigenvalue weighted by Gasteiger charge is -1.86. The Morgan fingerprint density at radius 2 is 1.79 bits per heavy atom. The first kappa shape index (κ1) is 13.1. The molecule has 0 saturated carbocycles. The second kappa shape index (κ2) is 8.69. The van der Waals surface area contributed by atoms with Crippen LogP contribution in [0.15, 0.2) is 6.20 Å². The number of nitrogen functional groups attached to an aromatic ring is 1. The van der Waals surface area contributed by atoms with Gasteiger partial charge < -0.3 is 5.73 Å². The number of hydrogen-bond donors (Lipinski definition) is 1. The predicted molar refractivity (Wildman–Crippen MR) is 59.1 cm³/mol. The minimum atomic E-state index is 0.110. The molecule has 5 heteroatoms. The predicted octanol–water partition coefficient (Wildman–Crippen LogP) is 2.69. The molecule has 1 rings (SSSR count). The Labute approximate surface area is 89.9 Å². The Kier molecular flexibility index (Phi) is 8.13. The van der Waals surface area contributed by atoms with E-state index in [1.54, 1.807) is 0 Å². The maximum atomic E-state index is 5.27. The highest BCUT2D eigenvalue weighted by molar-refractivity contribution is 6.28. The molecule has 4 nitrogen and oxygen atoms in total. The van der Waals surface area contributed by atoms with Crippen molar-refractivity contribution in [3.63, 3.8) is 0 Å². The number of hydrogen-bond acceptors (Lipinski definition) is 4. The molecule has 0 radical (unpaired) electrons. The molecule has 0 aromatic carbocycles. The summed E-state index contributed by atoms with van der Waals surface area (Å²) in [6, 6.07) is 0. The van der Waals surface area contributed by atoms with Gasteiger partial charge in [0, 0.05) is 0 Å². The van der Waals surface area contributed by atoms with Gasteiger partial charge in [-0.3, -0.25) is 0 Å². The Balaban J connectivity index is 0.000000255. The van der Waals surface area contributed by atoms with Gasteiger partial charge in [-0.05, 0) is 11.6 Å². The van der Waals surface area contributed by atoms with Crippen molar-refractivity contribution in [1.82, 2.24) is 15.2 Å². The Bertz CT molecular complexity index is 200. The third-order valence-electron chi connectivity index (χ3n) is 1.51. The van der Waals surface area contributed by atoms with Crippen molar-refractivity contribution in [2.75, 3.05) is 5.73 Å². The second-order valence-electron chi connectivity index (χ2n) is 2.86. The topological polar surface area (TPSA) is 64.7 Å². The fourth-order valence-electron chi connectivity index (χ4n) is 0.770. The second-order valence-corrected chi connectivity index (χ2v) is 3.20. The van der Waals surface area contributed by atoms with Crippen molar-refractivity contribution in [3.05, 3.63) is 11.5 Å². The zero-order valence-corrected chi connectivity index (χ0v) is 9.46. The van der Waals surface area contributed by atoms with E-state index < -0.39 is 0 Å². The molecule has 1 aromatic heterocycles. The minimum Gasteiger partial charge on any atom is -0.381 e. The highest BCUT2D eigenvalue weighted by Gasteiger charge is 1.87. The zero-order chi connectivity index (χ0) is 10.8. The van der Waals surface area contributed by atoms with E-state index in [-0.39, 0.29) is 11.1 Å². The van der Waals surface area contributed by atoms with Crippen LogP contribution in [0.3, 0.4) is 0 Å². The van der Waals surface area contributed by atoms with Crippen LogP contribution in [0.2, 0.25) is 5.28 Å². The standard InChI is InChI=1S/C6H14.C3H3ClN4/c1-3-5-6-4-2;4-3-6-1-2(5)7-8-3/h3-6H2,1-2H3;1H,(H2,5,7). The summed E-state index contributed by atoms with van der Waals surface area (Å²) in [6.45, 7) is 4.46. The van der Waals surface area contributed by atoms with Crippen LogP contribution in [-0.2, 0) is 0 Å². The summed E-state index contributed by atoms with van der Waals surface area (Å²) in [6.07, 6.45) is 6.88. The normalized spacial score (nSPS) is 9.07. The van der Waals surface area contributed by atoms with Crippen LogP contribution in [0.1, 0.15) is 39.5 Å². The van der Waals surface area contributed by atoms with E-state index in [0.717, 1.165) is 0 Å². The number of anilines is 1. The van der Waals surface area contributed by atoms with Gasteiger partial charge in [-0.15, -0.1) is 10.2 Å². The first-order chi connectivity index (χ1) is 6.70. The van der Waals surface area contributed by atoms with Crippen molar-refractivity contribution in [2.24, 2.45) is 0 Å². The van der Waals surface area contributed by atoms with Crippen molar-refractivity contribution in [3.8, 4) is 0 Å². The molecule has 1 heterocycles. The van der Waals surface area contributed by atoms with Gasteiger partial charge in [0.05, 0.1) is 6.20 Å². The molecule has 0 atom stereocenters. The van der Waals surface area contributed by atoms with Gasteiger partial charge in [-0.2, -0.15) is 0 Å². The van der Waals surface area contributed by atoms with Crippen LogP contribution >= 0.6 is 11.6 Å². The van der Waals surface area contributed by atoms with E-state index in [9.17, 15) is 0 Å². The number of unbranched alkanes of at least 4 members (excludes halogenated alkanes) is 3. The lowest BCUT2D eigenvalue weighted by Crippen LogP contribution is -1.93. The Morgan fingerprint density at radius 3 is 2.07 bits per heavy atom. The molecule has 0 unspecified atom stereocenters. The largest absolute Gasteiger partial charge is 0.381 e. The van der Waals surface area contributed by atoms with Gasteiger partial charge >= 0.3 is 0 Å². The molecule has 0 fully saturated rings. The van der Waals surface area contributed by atoms with E-state index in [0.29, 0.717) is 0 Å². The molecule has 0 aliphatic rings. The monoisotopic (exact) mass is 216 g/mol. The highest BCUT2D eigenvalue weighted by Crippen LogP contribution is 1.96.